The minimum Gasteiger partial charge on any atom is -0.303 e. The molecule has 5 atom stereocenters. The number of fused-ring (bicyclic) bond motifs is 1. The molecule has 0 unspecified atom stereocenters. The molecule has 0 aliphatic heterocycles. The van der Waals surface area contributed by atoms with E-state index >= 15 is 0 Å². The van der Waals surface area contributed by atoms with Crippen molar-refractivity contribution in [2.24, 2.45) is 34.5 Å². The first kappa shape index (κ1) is 17.7. The van der Waals surface area contributed by atoms with Crippen molar-refractivity contribution in [3.05, 3.63) is 0 Å². The molecule has 0 N–H and O–H groups in total. The number of hydrogen-bond donors (Lipinski definition) is 0. The standard InChI is InChI=1S/C20H34O2/c1-6-14(2)8-9-16-15(3)12-17(22)18-19(4,5)10-7-11-20(16,18)13-21/h13-16,18H,6-12H2,1-5H3/t14-,15+,16+,18+,20+/m1/s1. The molecule has 0 aromatic heterocycles. The van der Waals surface area contributed by atoms with Crippen LogP contribution in [0.4, 0.5) is 0 Å². The van der Waals surface area contributed by atoms with Gasteiger partial charge in [0.15, 0.2) is 0 Å². The summed E-state index contributed by atoms with van der Waals surface area (Å²) < 4.78 is 0. The lowest BCUT2D eigenvalue weighted by Gasteiger charge is -2.57. The molecule has 0 radical (unpaired) electrons. The van der Waals surface area contributed by atoms with Gasteiger partial charge in [-0.15, -0.1) is 0 Å². The van der Waals surface area contributed by atoms with Crippen molar-refractivity contribution < 1.29 is 9.59 Å². The Bertz CT molecular complexity index is 425. The number of carbonyl (C=O) groups excluding carboxylic acids is 2. The van der Waals surface area contributed by atoms with Crippen LogP contribution in [0.1, 0.15) is 79.6 Å². The minimum absolute atomic E-state index is 0.0228. The van der Waals surface area contributed by atoms with Gasteiger partial charge in [-0.3, -0.25) is 4.79 Å². The molecule has 0 amide bonds. The molecule has 0 bridgehead atoms. The summed E-state index contributed by atoms with van der Waals surface area (Å²) in [6.45, 7) is 11.1. The Hall–Kier alpha value is -0.660. The van der Waals surface area contributed by atoms with Gasteiger partial charge < -0.3 is 4.79 Å². The largest absolute Gasteiger partial charge is 0.303 e. The topological polar surface area (TPSA) is 34.1 Å². The van der Waals surface area contributed by atoms with Crippen molar-refractivity contribution in [2.75, 3.05) is 0 Å². The molecule has 0 spiro atoms. The highest BCUT2D eigenvalue weighted by Gasteiger charge is 2.59. The van der Waals surface area contributed by atoms with Crippen LogP contribution in [0.15, 0.2) is 0 Å². The van der Waals surface area contributed by atoms with E-state index in [1.807, 2.05) is 0 Å². The zero-order valence-electron chi connectivity index (χ0n) is 15.2. The normalized spacial score (nSPS) is 39.1. The smallest absolute Gasteiger partial charge is 0.137 e. The Kier molecular flexibility index (Phi) is 5.19. The summed E-state index contributed by atoms with van der Waals surface area (Å²) in [4.78, 5) is 25.1. The highest BCUT2D eigenvalue weighted by atomic mass is 16.1. The zero-order chi connectivity index (χ0) is 16.5. The van der Waals surface area contributed by atoms with E-state index in [1.165, 1.54) is 19.1 Å². The Morgan fingerprint density at radius 3 is 2.59 bits per heavy atom. The average Bonchev–Trinajstić information content (AvgIpc) is 2.44. The predicted molar refractivity (Wildman–Crippen MR) is 90.6 cm³/mol. The van der Waals surface area contributed by atoms with Gasteiger partial charge in [-0.05, 0) is 42.4 Å². The average molecular weight is 306 g/mol. The number of ketones is 1. The molecule has 126 valence electrons. The van der Waals surface area contributed by atoms with Gasteiger partial charge in [0.05, 0.1) is 0 Å². The van der Waals surface area contributed by atoms with Crippen LogP contribution in [0.5, 0.6) is 0 Å². The maximum Gasteiger partial charge on any atom is 0.137 e. The second-order valence-corrected chi connectivity index (χ2v) is 8.85. The van der Waals surface area contributed by atoms with Crippen LogP contribution in [0, 0.1) is 34.5 Å². The third kappa shape index (κ3) is 2.90. The maximum atomic E-state index is 12.8. The lowest BCUT2D eigenvalue weighted by molar-refractivity contribution is -0.162. The molecule has 2 rings (SSSR count). The molecule has 2 aliphatic rings. The molecule has 0 heterocycles. The van der Waals surface area contributed by atoms with Gasteiger partial charge in [-0.2, -0.15) is 0 Å². The first-order valence-electron chi connectivity index (χ1n) is 9.27. The van der Waals surface area contributed by atoms with Crippen molar-refractivity contribution in [3.8, 4) is 0 Å². The van der Waals surface area contributed by atoms with E-state index in [1.54, 1.807) is 0 Å². The van der Waals surface area contributed by atoms with Gasteiger partial charge >= 0.3 is 0 Å². The molecule has 0 aromatic carbocycles. The summed E-state index contributed by atoms with van der Waals surface area (Å²) in [5, 5.41) is 0. The van der Waals surface area contributed by atoms with Crippen LogP contribution >= 0.6 is 0 Å². The third-order valence-electron chi connectivity index (χ3n) is 6.86. The zero-order valence-corrected chi connectivity index (χ0v) is 15.2. The molecular formula is C20H34O2. The molecule has 0 saturated heterocycles. The van der Waals surface area contributed by atoms with Crippen molar-refractivity contribution in [1.29, 1.82) is 0 Å². The van der Waals surface area contributed by atoms with E-state index < -0.39 is 0 Å². The summed E-state index contributed by atoms with van der Waals surface area (Å²) in [5.74, 6) is 1.75. The SMILES string of the molecule is CC[C@@H](C)CC[C@H]1[C@@H](C)CC(=O)[C@H]2C(C)(C)CCC[C@]12C=O. The van der Waals surface area contributed by atoms with Crippen LogP contribution in [0.2, 0.25) is 0 Å². The fraction of sp³-hybridized carbons (Fsp3) is 0.900. The van der Waals surface area contributed by atoms with Crippen molar-refractivity contribution in [3.63, 3.8) is 0 Å². The van der Waals surface area contributed by atoms with Crippen molar-refractivity contribution in [2.45, 2.75) is 79.6 Å². The molecular weight excluding hydrogens is 272 g/mol. The number of rotatable bonds is 5. The predicted octanol–water partition coefficient (Wildman–Crippen LogP) is 5.05. The van der Waals surface area contributed by atoms with Crippen LogP contribution in [-0.2, 0) is 9.59 Å². The van der Waals surface area contributed by atoms with E-state index in [4.69, 9.17) is 0 Å². The molecule has 2 saturated carbocycles. The van der Waals surface area contributed by atoms with Gasteiger partial charge in [0, 0.05) is 17.8 Å². The van der Waals surface area contributed by atoms with Crippen LogP contribution < -0.4 is 0 Å². The van der Waals surface area contributed by atoms with E-state index in [-0.39, 0.29) is 16.7 Å². The molecule has 2 nitrogen and oxygen atoms in total. The Morgan fingerprint density at radius 2 is 2.00 bits per heavy atom. The number of hydrogen-bond acceptors (Lipinski definition) is 2. The molecule has 2 fully saturated rings. The Morgan fingerprint density at radius 1 is 1.32 bits per heavy atom. The van der Waals surface area contributed by atoms with Gasteiger partial charge in [0.25, 0.3) is 0 Å². The summed E-state index contributed by atoms with van der Waals surface area (Å²) in [7, 11) is 0. The lowest BCUT2D eigenvalue weighted by Crippen LogP contribution is -2.57. The highest BCUT2D eigenvalue weighted by Crippen LogP contribution is 2.60. The van der Waals surface area contributed by atoms with Crippen molar-refractivity contribution >= 4 is 12.1 Å². The Balaban J connectivity index is 2.34. The highest BCUT2D eigenvalue weighted by molar-refractivity contribution is 5.88. The Labute approximate surface area is 136 Å². The maximum absolute atomic E-state index is 12.8. The summed E-state index contributed by atoms with van der Waals surface area (Å²) in [6, 6.07) is 0. The van der Waals surface area contributed by atoms with Gasteiger partial charge in [-0.25, -0.2) is 0 Å². The molecule has 2 aliphatic carbocycles. The van der Waals surface area contributed by atoms with Crippen LogP contribution in [0.3, 0.4) is 0 Å². The van der Waals surface area contributed by atoms with Crippen molar-refractivity contribution in [1.82, 2.24) is 0 Å². The molecule has 2 heteroatoms. The monoisotopic (exact) mass is 306 g/mol. The summed E-state index contributed by atoms with van der Waals surface area (Å²) in [6.07, 6.45) is 8.45. The number of carbonyl (C=O) groups is 2. The lowest BCUT2D eigenvalue weighted by atomic mass is 9.45. The first-order chi connectivity index (χ1) is 10.3. The van der Waals surface area contributed by atoms with Crippen LogP contribution in [-0.4, -0.2) is 12.1 Å². The molecule has 0 aromatic rings. The number of aldehydes is 1. The second-order valence-electron chi connectivity index (χ2n) is 8.85. The number of Topliss-reactive ketones (excluding diaryl/α,β-unsaturated/α-hetero) is 1. The fourth-order valence-corrected chi connectivity index (χ4v) is 5.54. The van der Waals surface area contributed by atoms with E-state index in [0.29, 0.717) is 30.0 Å². The molecule has 22 heavy (non-hydrogen) atoms. The van der Waals surface area contributed by atoms with Gasteiger partial charge in [0.1, 0.15) is 12.1 Å². The van der Waals surface area contributed by atoms with E-state index in [9.17, 15) is 9.59 Å². The third-order valence-corrected chi connectivity index (χ3v) is 6.86. The van der Waals surface area contributed by atoms with E-state index in [0.717, 1.165) is 25.7 Å². The summed E-state index contributed by atoms with van der Waals surface area (Å²) in [5.41, 5.74) is -0.408. The quantitative estimate of drug-likeness (QED) is 0.666. The second kappa shape index (κ2) is 6.45. The van der Waals surface area contributed by atoms with Gasteiger partial charge in [-0.1, -0.05) is 53.9 Å². The van der Waals surface area contributed by atoms with Crippen LogP contribution in [0.25, 0.3) is 0 Å². The first-order valence-corrected chi connectivity index (χ1v) is 9.27. The fourth-order valence-electron chi connectivity index (χ4n) is 5.54. The minimum atomic E-state index is -0.385. The summed E-state index contributed by atoms with van der Waals surface area (Å²) >= 11 is 0. The van der Waals surface area contributed by atoms with Gasteiger partial charge in [0.2, 0.25) is 0 Å². The van der Waals surface area contributed by atoms with E-state index in [2.05, 4.69) is 34.6 Å².